The van der Waals surface area contributed by atoms with Crippen molar-refractivity contribution < 1.29 is 22.7 Å². The predicted molar refractivity (Wildman–Crippen MR) is 103 cm³/mol. The lowest BCUT2D eigenvalue weighted by Crippen LogP contribution is -2.27. The summed E-state index contributed by atoms with van der Waals surface area (Å²) < 4.78 is 40.4. The third-order valence-electron chi connectivity index (χ3n) is 4.71. The zero-order valence-corrected chi connectivity index (χ0v) is 15.2. The fourth-order valence-electron chi connectivity index (χ4n) is 3.31. The van der Waals surface area contributed by atoms with E-state index in [9.17, 15) is 18.0 Å². The average molecular weight is 405 g/mol. The van der Waals surface area contributed by atoms with Gasteiger partial charge in [0.05, 0.1) is 17.0 Å². The molecule has 29 heavy (non-hydrogen) atoms. The molecule has 4 N–H and O–H groups in total. The number of nitrogens with one attached hydrogen (secondary N) is 2. The number of nitrogen functional groups attached to an aromatic ring is 1. The molecule has 3 aromatic rings. The molecule has 2 aromatic carbocycles. The molecule has 1 saturated heterocycles. The molecule has 152 valence electrons. The number of carbonyl (C=O) groups excluding carboxylic acids is 1. The van der Waals surface area contributed by atoms with Crippen molar-refractivity contribution in [3.8, 4) is 5.75 Å². The van der Waals surface area contributed by atoms with E-state index in [4.69, 9.17) is 5.73 Å². The van der Waals surface area contributed by atoms with Crippen LogP contribution in [0.5, 0.6) is 5.75 Å². The Balaban J connectivity index is 1.37. The second-order valence-electron chi connectivity index (χ2n) is 6.83. The molecule has 1 aliphatic heterocycles. The number of carbonyl (C=O) groups is 1. The molecule has 0 radical (unpaired) electrons. The van der Waals surface area contributed by atoms with Crippen molar-refractivity contribution in [2.75, 3.05) is 29.0 Å². The molecular formula is C19H18F3N5O2. The molecule has 2 heterocycles. The average Bonchev–Trinajstić information content (AvgIpc) is 3.28. The predicted octanol–water partition coefficient (Wildman–Crippen LogP) is 3.51. The normalized spacial score (nSPS) is 16.9. The summed E-state index contributed by atoms with van der Waals surface area (Å²) in [6.45, 7) is 1.14. The fourth-order valence-corrected chi connectivity index (χ4v) is 3.31. The van der Waals surface area contributed by atoms with E-state index in [0.29, 0.717) is 36.8 Å². The molecular weight excluding hydrogens is 387 g/mol. The minimum atomic E-state index is -4.75. The topological polar surface area (TPSA) is 96.3 Å². The van der Waals surface area contributed by atoms with Crippen molar-refractivity contribution in [1.82, 2.24) is 9.97 Å². The number of anilines is 3. The second kappa shape index (κ2) is 7.19. The molecule has 10 heteroatoms. The number of benzene rings is 2. The van der Waals surface area contributed by atoms with E-state index in [0.717, 1.165) is 23.2 Å². The number of nitrogens with zero attached hydrogens (tertiary/aromatic N) is 2. The van der Waals surface area contributed by atoms with Gasteiger partial charge in [-0.1, -0.05) is 0 Å². The Morgan fingerprint density at radius 1 is 1.24 bits per heavy atom. The SMILES string of the molecule is Nc1ccc2nc(N3CCC(C(=O)Nc4ccc(OC(F)(F)F)cc4)C3)[nH]c2c1. The summed E-state index contributed by atoms with van der Waals surface area (Å²) >= 11 is 0. The summed E-state index contributed by atoms with van der Waals surface area (Å²) in [5.41, 5.74) is 8.45. The molecule has 0 bridgehead atoms. The number of rotatable bonds is 4. The summed E-state index contributed by atoms with van der Waals surface area (Å²) in [4.78, 5) is 22.3. The summed E-state index contributed by atoms with van der Waals surface area (Å²) in [7, 11) is 0. The van der Waals surface area contributed by atoms with Gasteiger partial charge < -0.3 is 25.7 Å². The number of amides is 1. The number of aromatic amines is 1. The summed E-state index contributed by atoms with van der Waals surface area (Å²) in [5.74, 6) is -0.126. The molecule has 1 unspecified atom stereocenters. The van der Waals surface area contributed by atoms with Crippen molar-refractivity contribution in [2.45, 2.75) is 12.8 Å². The quantitative estimate of drug-likeness (QED) is 0.578. The fraction of sp³-hybridized carbons (Fsp3) is 0.263. The Morgan fingerprint density at radius 2 is 2.00 bits per heavy atom. The van der Waals surface area contributed by atoms with Gasteiger partial charge in [-0.25, -0.2) is 4.98 Å². The Kier molecular flexibility index (Phi) is 4.69. The van der Waals surface area contributed by atoms with Gasteiger partial charge in [0.1, 0.15) is 5.75 Å². The number of fused-ring (bicyclic) bond motifs is 1. The van der Waals surface area contributed by atoms with E-state index in [1.807, 2.05) is 11.0 Å². The van der Waals surface area contributed by atoms with Crippen LogP contribution in [0.25, 0.3) is 11.0 Å². The third-order valence-corrected chi connectivity index (χ3v) is 4.71. The first-order valence-corrected chi connectivity index (χ1v) is 8.94. The highest BCUT2D eigenvalue weighted by atomic mass is 19.4. The first kappa shape index (κ1) is 18.9. The van der Waals surface area contributed by atoms with Gasteiger partial charge in [0.2, 0.25) is 11.9 Å². The largest absolute Gasteiger partial charge is 0.573 e. The van der Waals surface area contributed by atoms with Crippen molar-refractivity contribution >= 4 is 34.3 Å². The number of H-pyrrole nitrogens is 1. The Hall–Kier alpha value is -3.43. The molecule has 1 aliphatic rings. The molecule has 0 spiro atoms. The van der Waals surface area contributed by atoms with Crippen LogP contribution in [0.15, 0.2) is 42.5 Å². The number of alkyl halides is 3. The Labute approximate surface area is 163 Å². The van der Waals surface area contributed by atoms with Crippen LogP contribution in [0.3, 0.4) is 0 Å². The van der Waals surface area contributed by atoms with E-state index in [1.54, 1.807) is 12.1 Å². The van der Waals surface area contributed by atoms with Gasteiger partial charge >= 0.3 is 6.36 Å². The van der Waals surface area contributed by atoms with Gasteiger partial charge in [0.25, 0.3) is 0 Å². The van der Waals surface area contributed by atoms with Gasteiger partial charge in [0.15, 0.2) is 0 Å². The second-order valence-corrected chi connectivity index (χ2v) is 6.83. The van der Waals surface area contributed by atoms with Crippen LogP contribution in [0, 0.1) is 5.92 Å². The summed E-state index contributed by atoms with van der Waals surface area (Å²) in [6, 6.07) is 10.5. The van der Waals surface area contributed by atoms with Gasteiger partial charge in [0, 0.05) is 24.5 Å². The van der Waals surface area contributed by atoms with E-state index in [2.05, 4.69) is 20.0 Å². The lowest BCUT2D eigenvalue weighted by atomic mass is 10.1. The van der Waals surface area contributed by atoms with E-state index >= 15 is 0 Å². The van der Waals surface area contributed by atoms with E-state index in [1.165, 1.54) is 12.1 Å². The van der Waals surface area contributed by atoms with Crippen molar-refractivity contribution in [1.29, 1.82) is 0 Å². The van der Waals surface area contributed by atoms with Gasteiger partial charge in [-0.3, -0.25) is 4.79 Å². The lowest BCUT2D eigenvalue weighted by Gasteiger charge is -2.15. The highest BCUT2D eigenvalue weighted by Gasteiger charge is 2.31. The summed E-state index contributed by atoms with van der Waals surface area (Å²) in [5, 5.41) is 2.73. The highest BCUT2D eigenvalue weighted by molar-refractivity contribution is 5.93. The maximum absolute atomic E-state index is 12.5. The smallest absolute Gasteiger partial charge is 0.406 e. The molecule has 0 saturated carbocycles. The summed E-state index contributed by atoms with van der Waals surface area (Å²) in [6.07, 6.45) is -4.11. The number of ether oxygens (including phenoxy) is 1. The number of hydrogen-bond donors (Lipinski definition) is 3. The number of halogens is 3. The molecule has 4 rings (SSSR count). The monoisotopic (exact) mass is 405 g/mol. The van der Waals surface area contributed by atoms with Crippen LogP contribution in [0.1, 0.15) is 6.42 Å². The van der Waals surface area contributed by atoms with Gasteiger partial charge in [-0.05, 0) is 48.9 Å². The van der Waals surface area contributed by atoms with Gasteiger partial charge in [-0.15, -0.1) is 13.2 Å². The standard InChI is InChI=1S/C19H18F3N5O2/c20-19(21,22)29-14-4-2-13(3-5-14)24-17(28)11-7-8-27(10-11)18-25-15-6-1-12(23)9-16(15)26-18/h1-6,9,11H,7-8,10,23H2,(H,24,28)(H,25,26). The first-order chi connectivity index (χ1) is 13.8. The zero-order valence-electron chi connectivity index (χ0n) is 15.2. The third kappa shape index (κ3) is 4.36. The minimum absolute atomic E-state index is 0.197. The molecule has 0 aliphatic carbocycles. The number of aromatic nitrogens is 2. The Morgan fingerprint density at radius 3 is 2.72 bits per heavy atom. The van der Waals surface area contributed by atoms with Crippen LogP contribution >= 0.6 is 0 Å². The van der Waals surface area contributed by atoms with E-state index < -0.39 is 6.36 Å². The van der Waals surface area contributed by atoms with Crippen molar-refractivity contribution in [3.63, 3.8) is 0 Å². The maximum atomic E-state index is 12.5. The number of imidazole rings is 1. The lowest BCUT2D eigenvalue weighted by molar-refractivity contribution is -0.274. The minimum Gasteiger partial charge on any atom is -0.406 e. The zero-order chi connectivity index (χ0) is 20.6. The highest BCUT2D eigenvalue weighted by Crippen LogP contribution is 2.27. The Bertz CT molecular complexity index is 1030. The van der Waals surface area contributed by atoms with Crippen LogP contribution in [0.2, 0.25) is 0 Å². The number of nitrogens with two attached hydrogens (primary N) is 1. The van der Waals surface area contributed by atoms with E-state index in [-0.39, 0.29) is 17.6 Å². The van der Waals surface area contributed by atoms with Crippen LogP contribution < -0.4 is 20.7 Å². The van der Waals surface area contributed by atoms with Crippen LogP contribution in [0.4, 0.5) is 30.5 Å². The van der Waals surface area contributed by atoms with Gasteiger partial charge in [-0.2, -0.15) is 0 Å². The molecule has 1 amide bonds. The van der Waals surface area contributed by atoms with Crippen LogP contribution in [-0.4, -0.2) is 35.3 Å². The molecule has 7 nitrogen and oxygen atoms in total. The molecule has 1 aromatic heterocycles. The van der Waals surface area contributed by atoms with Crippen molar-refractivity contribution in [2.24, 2.45) is 5.92 Å². The molecule has 1 atom stereocenters. The van der Waals surface area contributed by atoms with Crippen molar-refractivity contribution in [3.05, 3.63) is 42.5 Å². The number of hydrogen-bond acceptors (Lipinski definition) is 5. The van der Waals surface area contributed by atoms with Crippen LogP contribution in [-0.2, 0) is 4.79 Å². The maximum Gasteiger partial charge on any atom is 0.573 e. The molecule has 1 fully saturated rings. The first-order valence-electron chi connectivity index (χ1n) is 8.94.